The number of rotatable bonds is 11. The van der Waals surface area contributed by atoms with Crippen molar-refractivity contribution in [1.82, 2.24) is 15.1 Å². The number of hydrogen-bond donors (Lipinski definition) is 1. The summed E-state index contributed by atoms with van der Waals surface area (Å²) < 4.78 is 5.98. The van der Waals surface area contributed by atoms with Gasteiger partial charge in [-0.3, -0.25) is 4.90 Å². The molecule has 1 saturated heterocycles. The van der Waals surface area contributed by atoms with Crippen molar-refractivity contribution < 1.29 is 4.74 Å². The molecule has 0 aromatic rings. The molecule has 1 fully saturated rings. The number of piperidine rings is 1. The van der Waals surface area contributed by atoms with Gasteiger partial charge in [-0.1, -0.05) is 13.5 Å². The molecule has 0 amide bonds. The highest BCUT2D eigenvalue weighted by Gasteiger charge is 2.23. The molecule has 4 heteroatoms. The van der Waals surface area contributed by atoms with Gasteiger partial charge in [0.25, 0.3) is 0 Å². The zero-order chi connectivity index (χ0) is 17.2. The molecule has 0 spiro atoms. The second-order valence-corrected chi connectivity index (χ2v) is 7.14. The van der Waals surface area contributed by atoms with Crippen LogP contribution in [0.1, 0.15) is 60.3 Å². The maximum Gasteiger partial charge on any atom is 0.108 e. The lowest BCUT2D eigenvalue weighted by Crippen LogP contribution is -2.46. The van der Waals surface area contributed by atoms with Crippen LogP contribution in [0.2, 0.25) is 0 Å². The lowest BCUT2D eigenvalue weighted by Gasteiger charge is -2.37. The maximum absolute atomic E-state index is 5.98. The number of nitrogens with zero attached hydrogens (tertiary/aromatic N) is 2. The smallest absolute Gasteiger partial charge is 0.108 e. The van der Waals surface area contributed by atoms with E-state index in [2.05, 4.69) is 56.3 Å². The van der Waals surface area contributed by atoms with E-state index in [0.29, 0.717) is 12.1 Å². The summed E-state index contributed by atoms with van der Waals surface area (Å²) in [7, 11) is 0. The summed E-state index contributed by atoms with van der Waals surface area (Å²) in [5.41, 5.74) is 0. The van der Waals surface area contributed by atoms with Crippen molar-refractivity contribution in [3.05, 3.63) is 12.8 Å². The Hall–Kier alpha value is -0.580. The van der Waals surface area contributed by atoms with Crippen LogP contribution < -0.4 is 5.32 Å². The Morgan fingerprint density at radius 3 is 2.39 bits per heavy atom. The van der Waals surface area contributed by atoms with Gasteiger partial charge in [-0.05, 0) is 59.6 Å². The molecule has 1 aliphatic heterocycles. The van der Waals surface area contributed by atoms with Crippen LogP contribution in [0.15, 0.2) is 12.8 Å². The normalized spacial score (nSPS) is 20.0. The van der Waals surface area contributed by atoms with Crippen LogP contribution >= 0.6 is 0 Å². The molecule has 0 aromatic carbocycles. The minimum absolute atomic E-state index is 0.213. The Balaban J connectivity index is 2.37. The molecule has 2 atom stereocenters. The Morgan fingerprint density at radius 2 is 1.87 bits per heavy atom. The van der Waals surface area contributed by atoms with Crippen molar-refractivity contribution in [1.29, 1.82) is 0 Å². The molecule has 0 saturated carbocycles. The largest absolute Gasteiger partial charge is 0.389 e. The highest BCUT2D eigenvalue weighted by molar-refractivity contribution is 4.83. The molecule has 1 unspecified atom stereocenters. The van der Waals surface area contributed by atoms with Crippen molar-refractivity contribution >= 4 is 0 Å². The van der Waals surface area contributed by atoms with Gasteiger partial charge in [-0.15, -0.1) is 0 Å². The molecular formula is C19H39N3O. The molecule has 1 aliphatic rings. The van der Waals surface area contributed by atoms with E-state index in [0.717, 1.165) is 13.1 Å². The third kappa shape index (κ3) is 7.69. The summed E-state index contributed by atoms with van der Waals surface area (Å²) in [5, 5.41) is 3.36. The molecule has 0 radical (unpaired) electrons. The lowest BCUT2D eigenvalue weighted by molar-refractivity contribution is -0.0786. The third-order valence-corrected chi connectivity index (χ3v) is 4.83. The Morgan fingerprint density at radius 1 is 1.22 bits per heavy atom. The standard InChI is InChI=1S/C19H39N3O/c1-7-12-22(18(6)23-16(3)4)13-9-17(5)21-14-10-19(11-15-21)20-8-2/h8,16-20H,2,7,9-15H2,1,3-6H3/t17?,18-/m0/s1. The van der Waals surface area contributed by atoms with Gasteiger partial charge in [0.15, 0.2) is 0 Å². The fourth-order valence-corrected chi connectivity index (χ4v) is 3.45. The first-order chi connectivity index (χ1) is 11.0. The van der Waals surface area contributed by atoms with E-state index in [1.165, 1.54) is 38.8 Å². The Labute approximate surface area is 144 Å². The predicted octanol–water partition coefficient (Wildman–Crippen LogP) is 3.45. The second kappa shape index (κ2) is 11.1. The average molecular weight is 326 g/mol. The number of likely N-dealkylation sites (tertiary alicyclic amines) is 1. The van der Waals surface area contributed by atoms with Gasteiger partial charge in [-0.25, -0.2) is 0 Å². The highest BCUT2D eigenvalue weighted by atomic mass is 16.5. The van der Waals surface area contributed by atoms with Gasteiger partial charge in [-0.2, -0.15) is 0 Å². The lowest BCUT2D eigenvalue weighted by atomic mass is 10.0. The maximum atomic E-state index is 5.98. The number of hydrogen-bond acceptors (Lipinski definition) is 4. The molecule has 1 rings (SSSR count). The van der Waals surface area contributed by atoms with Gasteiger partial charge in [0.05, 0.1) is 6.10 Å². The molecule has 4 nitrogen and oxygen atoms in total. The van der Waals surface area contributed by atoms with Gasteiger partial charge in [0, 0.05) is 38.3 Å². The van der Waals surface area contributed by atoms with Gasteiger partial charge in [0.2, 0.25) is 0 Å². The van der Waals surface area contributed by atoms with Gasteiger partial charge < -0.3 is 15.0 Å². The first-order valence-electron chi connectivity index (χ1n) is 9.48. The summed E-state index contributed by atoms with van der Waals surface area (Å²) in [4.78, 5) is 5.13. The van der Waals surface area contributed by atoms with E-state index >= 15 is 0 Å². The predicted molar refractivity (Wildman–Crippen MR) is 99.6 cm³/mol. The van der Waals surface area contributed by atoms with Crippen molar-refractivity contribution in [2.24, 2.45) is 0 Å². The van der Waals surface area contributed by atoms with Crippen LogP contribution in [0, 0.1) is 0 Å². The monoisotopic (exact) mass is 325 g/mol. The quantitative estimate of drug-likeness (QED) is 0.589. The molecule has 23 heavy (non-hydrogen) atoms. The van der Waals surface area contributed by atoms with E-state index in [4.69, 9.17) is 4.74 Å². The van der Waals surface area contributed by atoms with Crippen molar-refractivity contribution in [2.45, 2.75) is 84.7 Å². The number of nitrogens with one attached hydrogen (secondary N) is 1. The summed E-state index contributed by atoms with van der Waals surface area (Å²) in [6, 6.07) is 1.26. The van der Waals surface area contributed by atoms with Crippen molar-refractivity contribution in [2.75, 3.05) is 26.2 Å². The zero-order valence-corrected chi connectivity index (χ0v) is 16.1. The third-order valence-electron chi connectivity index (χ3n) is 4.83. The van der Waals surface area contributed by atoms with Crippen molar-refractivity contribution in [3.8, 4) is 0 Å². The Kier molecular flexibility index (Phi) is 9.84. The molecule has 0 aromatic heterocycles. The van der Waals surface area contributed by atoms with E-state index in [1.807, 2.05) is 6.20 Å². The van der Waals surface area contributed by atoms with Crippen LogP contribution in [0.3, 0.4) is 0 Å². The molecule has 136 valence electrons. The zero-order valence-electron chi connectivity index (χ0n) is 16.1. The average Bonchev–Trinajstić information content (AvgIpc) is 2.51. The molecule has 0 aliphatic carbocycles. The SMILES string of the molecule is C=CNC1CCN(C(C)CCN(CCC)[C@H](C)OC(C)C)CC1. The fourth-order valence-electron chi connectivity index (χ4n) is 3.45. The number of ether oxygens (including phenoxy) is 1. The second-order valence-electron chi connectivity index (χ2n) is 7.14. The molecule has 1 heterocycles. The fraction of sp³-hybridized carbons (Fsp3) is 0.895. The summed E-state index contributed by atoms with van der Waals surface area (Å²) in [6.07, 6.45) is 7.18. The summed E-state index contributed by atoms with van der Waals surface area (Å²) in [6.45, 7) is 19.4. The van der Waals surface area contributed by atoms with Crippen LogP contribution in [0.4, 0.5) is 0 Å². The minimum Gasteiger partial charge on any atom is -0.389 e. The highest BCUT2D eigenvalue weighted by Crippen LogP contribution is 2.16. The summed E-state index contributed by atoms with van der Waals surface area (Å²) >= 11 is 0. The topological polar surface area (TPSA) is 27.7 Å². The first kappa shape index (κ1) is 20.5. The van der Waals surface area contributed by atoms with Gasteiger partial charge in [0.1, 0.15) is 6.23 Å². The molecule has 0 bridgehead atoms. The van der Waals surface area contributed by atoms with Crippen LogP contribution in [0.25, 0.3) is 0 Å². The van der Waals surface area contributed by atoms with E-state index in [1.54, 1.807) is 0 Å². The van der Waals surface area contributed by atoms with Crippen LogP contribution in [0.5, 0.6) is 0 Å². The minimum atomic E-state index is 0.213. The van der Waals surface area contributed by atoms with E-state index in [-0.39, 0.29) is 12.3 Å². The van der Waals surface area contributed by atoms with Crippen LogP contribution in [-0.2, 0) is 4.74 Å². The van der Waals surface area contributed by atoms with Crippen molar-refractivity contribution in [3.63, 3.8) is 0 Å². The Bertz CT molecular complexity index is 314. The summed E-state index contributed by atoms with van der Waals surface area (Å²) in [5.74, 6) is 0. The van der Waals surface area contributed by atoms with Gasteiger partial charge >= 0.3 is 0 Å². The van der Waals surface area contributed by atoms with E-state index in [9.17, 15) is 0 Å². The molecule has 1 N–H and O–H groups in total. The first-order valence-corrected chi connectivity index (χ1v) is 9.48. The van der Waals surface area contributed by atoms with E-state index < -0.39 is 0 Å². The van der Waals surface area contributed by atoms with Crippen LogP contribution in [-0.4, -0.2) is 60.4 Å². The molecular weight excluding hydrogens is 286 g/mol.